The van der Waals surface area contributed by atoms with E-state index >= 15 is 0 Å². The van der Waals surface area contributed by atoms with Crippen LogP contribution >= 0.6 is 0 Å². The summed E-state index contributed by atoms with van der Waals surface area (Å²) in [5, 5.41) is 28.4. The predicted molar refractivity (Wildman–Crippen MR) is 458 cm³/mol. The Morgan fingerprint density at radius 2 is 0.600 bits per heavy atom. The third-order valence-corrected chi connectivity index (χ3v) is 26.3. The van der Waals surface area contributed by atoms with Gasteiger partial charge in [0, 0.05) is 6.61 Å². The second kappa shape index (κ2) is 44.2. The molecule has 0 amide bonds. The molecule has 0 unspecified atom stereocenters. The normalized spacial score (nSPS) is 22.5. The highest BCUT2D eigenvalue weighted by molar-refractivity contribution is 6.99. The van der Waals surface area contributed by atoms with E-state index in [0.717, 1.165) is 19.3 Å². The quantitative estimate of drug-likeness (QED) is 0.0121. The van der Waals surface area contributed by atoms with Crippen LogP contribution in [0.25, 0.3) is 0 Å². The average molecular weight is 1720 g/mol. The van der Waals surface area contributed by atoms with Crippen LogP contribution in [0.3, 0.4) is 0 Å². The summed E-state index contributed by atoms with van der Waals surface area (Å²) >= 11 is 0. The van der Waals surface area contributed by atoms with Gasteiger partial charge in [0.25, 0.3) is 8.32 Å². The molecule has 10 aromatic carbocycles. The fourth-order valence-corrected chi connectivity index (χ4v) is 19.6. The Hall–Kier alpha value is -12.4. The molecule has 26 heteroatoms. The summed E-state index contributed by atoms with van der Waals surface area (Å²) < 4.78 is 97.2. The van der Waals surface area contributed by atoms with Gasteiger partial charge in [0.05, 0.1) is 57.7 Å². The van der Waals surface area contributed by atoms with Gasteiger partial charge in [0.15, 0.2) is 55.5 Å². The Kier molecular flexibility index (Phi) is 32.0. The third-order valence-electron chi connectivity index (χ3n) is 21.3. The summed E-state index contributed by atoms with van der Waals surface area (Å²) in [6.45, 7) is 4.75. The fourth-order valence-electron chi connectivity index (χ4n) is 15.0. The summed E-state index contributed by atoms with van der Waals surface area (Å²) in [7, 11) is -2.77. The van der Waals surface area contributed by atoms with Crippen LogP contribution in [-0.2, 0) is 70.7 Å². The molecular weight excluding hydrogens is 1620 g/mol. The molecule has 0 aromatic heterocycles. The first kappa shape index (κ1) is 90.3. The topological polar surface area (TPSA) is 315 Å². The van der Waals surface area contributed by atoms with E-state index in [9.17, 15) is 48.6 Å². The Labute approximate surface area is 725 Å². The summed E-state index contributed by atoms with van der Waals surface area (Å²) in [5.74, 6) is -7.80. The molecule has 3 aliphatic heterocycles. The van der Waals surface area contributed by atoms with Gasteiger partial charge in [0.2, 0.25) is 0 Å². The lowest BCUT2D eigenvalue weighted by Crippen LogP contribution is -2.67. The number of hydrogen-bond acceptors (Lipinski definition) is 25. The van der Waals surface area contributed by atoms with Gasteiger partial charge in [-0.05, 0) is 145 Å². The maximum absolute atomic E-state index is 14.8. The van der Waals surface area contributed by atoms with Crippen LogP contribution in [0.15, 0.2) is 315 Å². The van der Waals surface area contributed by atoms with Crippen LogP contribution in [-0.4, -0.2) is 191 Å². The van der Waals surface area contributed by atoms with E-state index in [4.69, 9.17) is 70.7 Å². The molecule has 0 bridgehead atoms. The van der Waals surface area contributed by atoms with Gasteiger partial charge in [-0.1, -0.05) is 239 Å². The lowest BCUT2D eigenvalue weighted by atomic mass is 9.95. The van der Waals surface area contributed by atoms with Crippen LogP contribution in [0.1, 0.15) is 136 Å². The van der Waals surface area contributed by atoms with Crippen LogP contribution < -0.4 is 10.4 Å². The zero-order chi connectivity index (χ0) is 87.5. The lowest BCUT2D eigenvalue weighted by Gasteiger charge is -2.48. The van der Waals surface area contributed by atoms with Gasteiger partial charge in [-0.25, -0.2) is 38.4 Å². The number of ether oxygens (including phenoxy) is 14. The average Bonchev–Trinajstić information content (AvgIpc) is 0.736. The van der Waals surface area contributed by atoms with Crippen LogP contribution in [0.4, 0.5) is 0 Å². The van der Waals surface area contributed by atoms with Gasteiger partial charge in [-0.2, -0.15) is 0 Å². The van der Waals surface area contributed by atoms with Crippen molar-refractivity contribution in [2.24, 2.45) is 0 Å². The summed E-state index contributed by atoms with van der Waals surface area (Å²) in [5.41, 5.74) is 0.198. The molecule has 648 valence electrons. The summed E-state index contributed by atoms with van der Waals surface area (Å²) in [6, 6.07) is 82.9. The smallest absolute Gasteiger partial charge is 0.338 e. The van der Waals surface area contributed by atoms with Gasteiger partial charge < -0.3 is 81.0 Å². The molecule has 3 aliphatic rings. The lowest BCUT2D eigenvalue weighted by molar-refractivity contribution is -0.364. The number of benzene rings is 10. The van der Waals surface area contributed by atoms with E-state index in [0.29, 0.717) is 19.4 Å². The first-order chi connectivity index (χ1) is 60.8. The molecule has 3 fully saturated rings. The van der Waals surface area contributed by atoms with Crippen molar-refractivity contribution in [3.05, 3.63) is 360 Å². The standard InChI is InChI=1S/C99H98O25Si/c1-99(2,3)125(74-57-35-17-36-58-74,75-59-37-18-38-60-75)114-62-40-8-6-4-5-7-39-61-110-96-80(101)83(124-98-87(123-95(109)73-55-33-16-34-56-73)85(121-93(107)71-51-29-14-30-52-71)82(119-91(105)69-47-25-12-26-48-69)78(117-98)65-112-89(103)67-43-21-10-22-44-67)79(100)76(115-96)63-113-97-86(122-94(108)72-53-31-15-32-54-72)84(120-92(106)70-49-27-13-28-50-70)81(118-90(104)68-45-23-11-24-46-68)77(116-97)64-111-88(102)66-41-19-9-20-42-66/h4-5,9-38,41-60,76-87,96-98,100-101H,6-8,39-40,61-65H2,1-3H3/b5-4+/t76-,77-,78-,79-,80+,81-,82-,83+,84+,85+,86+,87+,96+,97+,98-/m1/s1. The van der Waals surface area contributed by atoms with Crippen LogP contribution in [0, 0.1) is 0 Å². The highest BCUT2D eigenvalue weighted by atomic mass is 28.4. The maximum Gasteiger partial charge on any atom is 0.338 e. The number of hydrogen-bond donors (Lipinski definition) is 2. The Morgan fingerprint density at radius 1 is 0.304 bits per heavy atom. The van der Waals surface area contributed by atoms with E-state index in [2.05, 4.69) is 75.4 Å². The molecule has 0 aliphatic carbocycles. The van der Waals surface area contributed by atoms with E-state index < -0.39 is 168 Å². The number of carbonyl (C=O) groups excluding carboxylic acids is 8. The molecule has 3 heterocycles. The first-order valence-electron chi connectivity index (χ1n) is 41.4. The number of allylic oxidation sites excluding steroid dienone is 2. The van der Waals surface area contributed by atoms with E-state index in [-0.39, 0.29) is 56.2 Å². The molecule has 0 radical (unpaired) electrons. The second-order valence-electron chi connectivity index (χ2n) is 30.9. The molecule has 2 N–H and O–H groups in total. The zero-order valence-electron chi connectivity index (χ0n) is 69.0. The van der Waals surface area contributed by atoms with Gasteiger partial charge in [-0.15, -0.1) is 0 Å². The molecule has 0 saturated carbocycles. The Bertz CT molecular complexity index is 5100. The minimum Gasteiger partial charge on any atom is -0.459 e. The van der Waals surface area contributed by atoms with Crippen molar-refractivity contribution in [1.29, 1.82) is 0 Å². The van der Waals surface area contributed by atoms with Crippen molar-refractivity contribution >= 4 is 66.4 Å². The number of rotatable bonds is 36. The number of aliphatic hydroxyl groups is 2. The van der Waals surface area contributed by atoms with E-state index in [1.807, 2.05) is 18.2 Å². The molecule has 25 nitrogen and oxygen atoms in total. The highest BCUT2D eigenvalue weighted by Gasteiger charge is 2.59. The predicted octanol–water partition coefficient (Wildman–Crippen LogP) is 13.5. The number of esters is 8. The second-order valence-corrected chi connectivity index (χ2v) is 35.2. The Morgan fingerprint density at radius 3 is 0.952 bits per heavy atom. The molecule has 10 aromatic rings. The number of carbonyl (C=O) groups is 8. The van der Waals surface area contributed by atoms with Crippen molar-refractivity contribution in [3.63, 3.8) is 0 Å². The number of unbranched alkanes of at least 4 members (excludes halogenated alkanes) is 3. The minimum absolute atomic E-state index is 0.00218. The molecule has 125 heavy (non-hydrogen) atoms. The SMILES string of the molecule is CC(C)(C)[Si](OCCCC/C=C/CCCO[C@H]1O[C@H](CO[C@H]2O[C@H](COC(=O)c3ccccc3)[C@@H](OC(=O)c3ccccc3)[C@H](OC(=O)c3ccccc3)[C@@H]2OC(=O)c2ccccc2)[C@@H](O)[C@H](O[C@H]2O[C@H](COC(=O)c3ccccc3)[C@@H](OC(=O)c3ccccc3)[C@H](OC(=O)c3ccccc3)[C@@H]2OC(=O)c2ccccc2)[C@@H]1O)(c1ccccc1)c1ccccc1. The molecule has 0 spiro atoms. The molecule has 13 rings (SSSR count). The molecular formula is C99H98O25Si. The monoisotopic (exact) mass is 1710 g/mol. The summed E-state index contributed by atoms with van der Waals surface area (Å²) in [4.78, 5) is 116. The first-order valence-corrected chi connectivity index (χ1v) is 43.3. The van der Waals surface area contributed by atoms with Crippen LogP contribution in [0.5, 0.6) is 0 Å². The van der Waals surface area contributed by atoms with Crippen LogP contribution in [0.2, 0.25) is 5.04 Å². The third kappa shape index (κ3) is 23.5. The fraction of sp³-hybridized carbons (Fsp3) is 0.293. The van der Waals surface area contributed by atoms with Crippen molar-refractivity contribution in [3.8, 4) is 0 Å². The van der Waals surface area contributed by atoms with E-state index in [1.165, 1.54) is 107 Å². The maximum atomic E-state index is 14.8. The Balaban J connectivity index is 0.843. The highest BCUT2D eigenvalue weighted by Crippen LogP contribution is 2.40. The van der Waals surface area contributed by atoms with Crippen molar-refractivity contribution in [1.82, 2.24) is 0 Å². The van der Waals surface area contributed by atoms with Gasteiger partial charge in [0.1, 0.15) is 49.8 Å². The van der Waals surface area contributed by atoms with Crippen molar-refractivity contribution in [2.75, 3.05) is 33.0 Å². The molecule has 3 saturated heterocycles. The van der Waals surface area contributed by atoms with Crippen molar-refractivity contribution in [2.45, 2.75) is 150 Å². The van der Waals surface area contributed by atoms with Crippen molar-refractivity contribution < 1.29 is 119 Å². The van der Waals surface area contributed by atoms with Gasteiger partial charge in [-0.3, -0.25) is 0 Å². The van der Waals surface area contributed by atoms with Gasteiger partial charge >= 0.3 is 47.8 Å². The van der Waals surface area contributed by atoms with E-state index in [1.54, 1.807) is 146 Å². The summed E-state index contributed by atoms with van der Waals surface area (Å²) in [6.07, 6.45) is -21.6. The molecule has 15 atom stereocenters. The number of aliphatic hydroxyl groups excluding tert-OH is 2. The largest absolute Gasteiger partial charge is 0.459 e. The zero-order valence-corrected chi connectivity index (χ0v) is 70.0. The minimum atomic E-state index is -2.77.